The highest BCUT2D eigenvalue weighted by atomic mass is 16.1. The van der Waals surface area contributed by atoms with Gasteiger partial charge in [0, 0.05) is 7.05 Å². The van der Waals surface area contributed by atoms with Gasteiger partial charge >= 0.3 is 0 Å². The van der Waals surface area contributed by atoms with Crippen LogP contribution in [-0.4, -0.2) is 38.5 Å². The van der Waals surface area contributed by atoms with Crippen LogP contribution in [0, 0.1) is 0 Å². The number of rotatable bonds is 5. The lowest BCUT2D eigenvalue weighted by atomic mass is 9.95. The molecule has 0 radical (unpaired) electrons. The van der Waals surface area contributed by atoms with Crippen molar-refractivity contribution in [2.45, 2.75) is 12.3 Å². The van der Waals surface area contributed by atoms with Crippen LogP contribution in [-0.2, 0) is 4.79 Å². The maximum atomic E-state index is 11.8. The van der Waals surface area contributed by atoms with Crippen molar-refractivity contribution in [3.63, 3.8) is 0 Å². The Bertz CT molecular complexity index is 322. The SMILES string of the molecule is CNC(=O)C(CCN(C)C)c1ccccc1. The topological polar surface area (TPSA) is 32.3 Å². The summed E-state index contributed by atoms with van der Waals surface area (Å²) in [5.41, 5.74) is 1.09. The third kappa shape index (κ3) is 3.66. The number of hydrogen-bond acceptors (Lipinski definition) is 2. The van der Waals surface area contributed by atoms with Gasteiger partial charge in [0.2, 0.25) is 5.91 Å². The molecule has 0 saturated heterocycles. The van der Waals surface area contributed by atoms with E-state index in [1.54, 1.807) is 7.05 Å². The molecule has 1 unspecified atom stereocenters. The molecule has 0 saturated carbocycles. The second-order valence-corrected chi connectivity index (χ2v) is 4.17. The van der Waals surface area contributed by atoms with E-state index in [-0.39, 0.29) is 11.8 Å². The summed E-state index contributed by atoms with van der Waals surface area (Å²) in [6.07, 6.45) is 0.844. The molecule has 0 heterocycles. The van der Waals surface area contributed by atoms with Crippen molar-refractivity contribution < 1.29 is 4.79 Å². The third-order valence-corrected chi connectivity index (χ3v) is 2.63. The van der Waals surface area contributed by atoms with E-state index in [1.165, 1.54) is 0 Å². The highest BCUT2D eigenvalue weighted by Gasteiger charge is 2.18. The van der Waals surface area contributed by atoms with E-state index in [0.717, 1.165) is 18.5 Å². The number of carbonyl (C=O) groups is 1. The van der Waals surface area contributed by atoms with E-state index in [9.17, 15) is 4.79 Å². The van der Waals surface area contributed by atoms with Gasteiger partial charge in [0.05, 0.1) is 5.92 Å². The van der Waals surface area contributed by atoms with Crippen molar-refractivity contribution in [2.75, 3.05) is 27.7 Å². The zero-order valence-corrected chi connectivity index (χ0v) is 10.2. The first-order valence-corrected chi connectivity index (χ1v) is 5.56. The van der Waals surface area contributed by atoms with Crippen molar-refractivity contribution in [3.05, 3.63) is 35.9 Å². The minimum Gasteiger partial charge on any atom is -0.359 e. The van der Waals surface area contributed by atoms with Gasteiger partial charge in [-0.1, -0.05) is 30.3 Å². The molecule has 0 spiro atoms. The molecule has 1 aromatic carbocycles. The largest absolute Gasteiger partial charge is 0.359 e. The highest BCUT2D eigenvalue weighted by Crippen LogP contribution is 2.19. The molecular weight excluding hydrogens is 200 g/mol. The van der Waals surface area contributed by atoms with Crippen LogP contribution in [0.5, 0.6) is 0 Å². The zero-order chi connectivity index (χ0) is 12.0. The van der Waals surface area contributed by atoms with Crippen molar-refractivity contribution in [1.29, 1.82) is 0 Å². The molecule has 0 aliphatic heterocycles. The summed E-state index contributed by atoms with van der Waals surface area (Å²) in [4.78, 5) is 13.9. The Morgan fingerprint density at radius 1 is 1.31 bits per heavy atom. The molecule has 3 nitrogen and oxygen atoms in total. The van der Waals surface area contributed by atoms with Crippen molar-refractivity contribution >= 4 is 5.91 Å². The van der Waals surface area contributed by atoms with Crippen LogP contribution in [0.2, 0.25) is 0 Å². The predicted octanol–water partition coefficient (Wildman–Crippen LogP) is 1.47. The van der Waals surface area contributed by atoms with Crippen molar-refractivity contribution in [1.82, 2.24) is 10.2 Å². The molecule has 3 heteroatoms. The summed E-state index contributed by atoms with van der Waals surface area (Å²) in [5, 5.41) is 2.73. The molecule has 16 heavy (non-hydrogen) atoms. The summed E-state index contributed by atoms with van der Waals surface area (Å²) in [6.45, 7) is 0.910. The standard InChI is InChI=1S/C13H20N2O/c1-14-13(16)12(9-10-15(2)3)11-7-5-4-6-8-11/h4-8,12H,9-10H2,1-3H3,(H,14,16). The summed E-state index contributed by atoms with van der Waals surface area (Å²) in [6, 6.07) is 9.93. The number of nitrogens with zero attached hydrogens (tertiary/aromatic N) is 1. The van der Waals surface area contributed by atoms with E-state index in [2.05, 4.69) is 10.2 Å². The first-order valence-electron chi connectivity index (χ1n) is 5.56. The Hall–Kier alpha value is -1.35. The van der Waals surface area contributed by atoms with Crippen LogP contribution in [0.25, 0.3) is 0 Å². The monoisotopic (exact) mass is 220 g/mol. The van der Waals surface area contributed by atoms with E-state index >= 15 is 0 Å². The Balaban J connectivity index is 2.76. The summed E-state index contributed by atoms with van der Waals surface area (Å²) in [5.74, 6) is 0.0432. The van der Waals surface area contributed by atoms with E-state index in [1.807, 2.05) is 44.4 Å². The molecule has 0 fully saturated rings. The van der Waals surface area contributed by atoms with Gasteiger partial charge in [0.1, 0.15) is 0 Å². The van der Waals surface area contributed by atoms with E-state index < -0.39 is 0 Å². The molecular formula is C13H20N2O. The highest BCUT2D eigenvalue weighted by molar-refractivity contribution is 5.83. The Kier molecular flexibility index (Phi) is 4.99. The smallest absolute Gasteiger partial charge is 0.227 e. The van der Waals surface area contributed by atoms with Gasteiger partial charge in [0.15, 0.2) is 0 Å². The minimum atomic E-state index is -0.0476. The van der Waals surface area contributed by atoms with E-state index in [0.29, 0.717) is 0 Å². The fourth-order valence-corrected chi connectivity index (χ4v) is 1.70. The lowest BCUT2D eigenvalue weighted by Gasteiger charge is -2.18. The van der Waals surface area contributed by atoms with Crippen LogP contribution >= 0.6 is 0 Å². The number of likely N-dealkylation sites (N-methyl/N-ethyl adjacent to an activating group) is 1. The maximum Gasteiger partial charge on any atom is 0.227 e. The Morgan fingerprint density at radius 2 is 1.94 bits per heavy atom. The number of carbonyl (C=O) groups excluding carboxylic acids is 1. The molecule has 1 aromatic rings. The van der Waals surface area contributed by atoms with Gasteiger partial charge in [-0.25, -0.2) is 0 Å². The van der Waals surface area contributed by atoms with Crippen LogP contribution in [0.4, 0.5) is 0 Å². The lowest BCUT2D eigenvalue weighted by molar-refractivity contribution is -0.122. The van der Waals surface area contributed by atoms with Crippen LogP contribution in [0.1, 0.15) is 17.9 Å². The lowest BCUT2D eigenvalue weighted by Crippen LogP contribution is -2.28. The second-order valence-electron chi connectivity index (χ2n) is 4.17. The Morgan fingerprint density at radius 3 is 2.44 bits per heavy atom. The quantitative estimate of drug-likeness (QED) is 0.815. The molecule has 0 bridgehead atoms. The average Bonchev–Trinajstić information content (AvgIpc) is 2.30. The Labute approximate surface area is 97.5 Å². The second kappa shape index (κ2) is 6.28. The molecule has 1 N–H and O–H groups in total. The fraction of sp³-hybridized carbons (Fsp3) is 0.462. The molecule has 1 amide bonds. The molecule has 1 atom stereocenters. The van der Waals surface area contributed by atoms with Crippen LogP contribution in [0.3, 0.4) is 0 Å². The van der Waals surface area contributed by atoms with Gasteiger partial charge in [0.25, 0.3) is 0 Å². The minimum absolute atomic E-state index is 0.0476. The normalized spacial score (nSPS) is 12.5. The fourth-order valence-electron chi connectivity index (χ4n) is 1.70. The summed E-state index contributed by atoms with van der Waals surface area (Å²) < 4.78 is 0. The first-order chi connectivity index (χ1) is 7.65. The third-order valence-electron chi connectivity index (χ3n) is 2.63. The summed E-state index contributed by atoms with van der Waals surface area (Å²) >= 11 is 0. The van der Waals surface area contributed by atoms with Gasteiger partial charge < -0.3 is 10.2 Å². The number of nitrogens with one attached hydrogen (secondary N) is 1. The maximum absolute atomic E-state index is 11.8. The van der Waals surface area contributed by atoms with E-state index in [4.69, 9.17) is 0 Å². The molecule has 0 aromatic heterocycles. The van der Waals surface area contributed by atoms with Gasteiger partial charge in [-0.05, 0) is 32.6 Å². The molecule has 0 aliphatic carbocycles. The molecule has 88 valence electrons. The molecule has 1 rings (SSSR count). The zero-order valence-electron chi connectivity index (χ0n) is 10.2. The van der Waals surface area contributed by atoms with Crippen LogP contribution in [0.15, 0.2) is 30.3 Å². The van der Waals surface area contributed by atoms with Crippen molar-refractivity contribution in [3.8, 4) is 0 Å². The molecule has 0 aliphatic rings. The average molecular weight is 220 g/mol. The predicted molar refractivity (Wildman–Crippen MR) is 66.4 cm³/mol. The summed E-state index contributed by atoms with van der Waals surface area (Å²) in [7, 11) is 5.73. The number of benzene rings is 1. The van der Waals surface area contributed by atoms with Gasteiger partial charge in [-0.15, -0.1) is 0 Å². The van der Waals surface area contributed by atoms with Crippen LogP contribution < -0.4 is 5.32 Å². The van der Waals surface area contributed by atoms with Crippen molar-refractivity contribution in [2.24, 2.45) is 0 Å². The van der Waals surface area contributed by atoms with Gasteiger partial charge in [-0.2, -0.15) is 0 Å². The number of hydrogen-bond donors (Lipinski definition) is 1. The van der Waals surface area contributed by atoms with Gasteiger partial charge in [-0.3, -0.25) is 4.79 Å². The first kappa shape index (κ1) is 12.7. The number of amides is 1.